The highest BCUT2D eigenvalue weighted by Crippen LogP contribution is 2.28. The number of hydrazone groups is 1. The second-order valence-electron chi connectivity index (χ2n) is 7.08. The van der Waals surface area contributed by atoms with Crippen molar-refractivity contribution >= 4 is 23.5 Å². The lowest BCUT2D eigenvalue weighted by Gasteiger charge is -2.12. The maximum Gasteiger partial charge on any atom is 0.246 e. The number of carbonyl (C=O) groups is 1. The Morgan fingerprint density at radius 2 is 2.00 bits per heavy atom. The van der Waals surface area contributed by atoms with Gasteiger partial charge in [-0.1, -0.05) is 44.2 Å². The average molecular weight is 424 g/mol. The molecule has 0 fully saturated rings. The molecule has 1 amide bonds. The molecule has 1 N–H and O–H groups in total. The molecule has 0 aliphatic heterocycles. The summed E-state index contributed by atoms with van der Waals surface area (Å²) in [6, 6.07) is 15.4. The number of amides is 1. The third-order valence-corrected chi connectivity index (χ3v) is 4.94. The molecule has 0 saturated heterocycles. The number of methoxy groups -OCH3 is 1. The fraction of sp³-hybridized carbons (Fsp3) is 0.261. The molecule has 0 aliphatic carbocycles. The first-order valence-electron chi connectivity index (χ1n) is 9.67. The van der Waals surface area contributed by atoms with Crippen molar-refractivity contribution in [1.82, 2.24) is 10.4 Å². The molecular weight excluding hydrogens is 398 g/mol. The highest BCUT2D eigenvalue weighted by atomic mass is 32.1. The van der Waals surface area contributed by atoms with Crippen LogP contribution in [0.25, 0.3) is 11.3 Å². The van der Waals surface area contributed by atoms with E-state index in [0.717, 1.165) is 21.8 Å². The zero-order valence-electron chi connectivity index (χ0n) is 17.3. The summed E-state index contributed by atoms with van der Waals surface area (Å²) in [6.07, 6.45) is 1.75. The van der Waals surface area contributed by atoms with Gasteiger partial charge in [-0.3, -0.25) is 4.79 Å². The Kier molecular flexibility index (Phi) is 7.57. The molecule has 0 bridgehead atoms. The molecule has 3 rings (SSSR count). The van der Waals surface area contributed by atoms with Gasteiger partial charge in [-0.05, 0) is 29.7 Å². The lowest BCUT2D eigenvalue weighted by atomic mass is 10.2. The normalized spacial score (nSPS) is 11.1. The number of nitrogens with one attached hydrogen (secondary N) is 1. The molecule has 1 heterocycles. The molecule has 0 atom stereocenters. The second-order valence-corrected chi connectivity index (χ2v) is 8.02. The molecule has 1 aromatic heterocycles. The van der Waals surface area contributed by atoms with Crippen molar-refractivity contribution in [2.45, 2.75) is 20.3 Å². The fourth-order valence-corrected chi connectivity index (χ4v) is 3.43. The summed E-state index contributed by atoms with van der Waals surface area (Å²) in [7, 11) is 1.60. The van der Waals surface area contributed by atoms with Gasteiger partial charge in [-0.25, -0.2) is 10.4 Å². The van der Waals surface area contributed by atoms with Gasteiger partial charge < -0.3 is 9.47 Å². The van der Waals surface area contributed by atoms with Gasteiger partial charge in [0.15, 0.2) is 11.5 Å². The van der Waals surface area contributed by atoms with E-state index in [9.17, 15) is 4.79 Å². The van der Waals surface area contributed by atoms with E-state index < -0.39 is 0 Å². The lowest BCUT2D eigenvalue weighted by molar-refractivity contribution is -0.120. The predicted molar refractivity (Wildman–Crippen MR) is 120 cm³/mol. The highest BCUT2D eigenvalue weighted by molar-refractivity contribution is 7.10. The van der Waals surface area contributed by atoms with Crippen molar-refractivity contribution in [1.29, 1.82) is 0 Å². The number of nitrogens with zero attached hydrogens (tertiary/aromatic N) is 2. The van der Waals surface area contributed by atoms with Crippen LogP contribution in [-0.4, -0.2) is 30.8 Å². The van der Waals surface area contributed by atoms with Crippen LogP contribution in [0.3, 0.4) is 0 Å². The number of rotatable bonds is 9. The monoisotopic (exact) mass is 423 g/mol. The van der Waals surface area contributed by atoms with E-state index in [1.54, 1.807) is 13.3 Å². The Morgan fingerprint density at radius 1 is 1.20 bits per heavy atom. The average Bonchev–Trinajstić information content (AvgIpc) is 3.21. The largest absolute Gasteiger partial charge is 0.493 e. The van der Waals surface area contributed by atoms with Crippen LogP contribution in [0.4, 0.5) is 0 Å². The van der Waals surface area contributed by atoms with Gasteiger partial charge in [0.25, 0.3) is 0 Å². The molecule has 0 unspecified atom stereocenters. The molecule has 0 aliphatic rings. The van der Waals surface area contributed by atoms with Gasteiger partial charge in [0.1, 0.15) is 5.01 Å². The van der Waals surface area contributed by atoms with Crippen LogP contribution in [-0.2, 0) is 11.2 Å². The first-order valence-corrected chi connectivity index (χ1v) is 10.6. The van der Waals surface area contributed by atoms with Gasteiger partial charge in [0, 0.05) is 10.9 Å². The molecule has 156 valence electrons. The van der Waals surface area contributed by atoms with Crippen molar-refractivity contribution in [2.75, 3.05) is 13.7 Å². The van der Waals surface area contributed by atoms with Crippen molar-refractivity contribution in [3.8, 4) is 22.8 Å². The van der Waals surface area contributed by atoms with Crippen LogP contribution in [0, 0.1) is 5.92 Å². The summed E-state index contributed by atoms with van der Waals surface area (Å²) in [4.78, 5) is 16.7. The summed E-state index contributed by atoms with van der Waals surface area (Å²) >= 11 is 1.46. The Balaban J connectivity index is 1.55. The second kappa shape index (κ2) is 10.5. The van der Waals surface area contributed by atoms with Crippen molar-refractivity contribution < 1.29 is 14.3 Å². The Labute approximate surface area is 180 Å². The van der Waals surface area contributed by atoms with E-state index in [4.69, 9.17) is 9.47 Å². The molecule has 0 spiro atoms. The van der Waals surface area contributed by atoms with Crippen LogP contribution >= 0.6 is 11.3 Å². The first-order chi connectivity index (χ1) is 14.5. The third-order valence-electron chi connectivity index (χ3n) is 4.10. The highest BCUT2D eigenvalue weighted by Gasteiger charge is 2.09. The molecule has 7 heteroatoms. The Hall–Kier alpha value is -3.19. The minimum Gasteiger partial charge on any atom is -0.493 e. The smallest absolute Gasteiger partial charge is 0.246 e. The van der Waals surface area contributed by atoms with Gasteiger partial charge in [0.05, 0.1) is 32.0 Å². The molecule has 2 aromatic carbocycles. The number of hydrogen-bond acceptors (Lipinski definition) is 6. The lowest BCUT2D eigenvalue weighted by Crippen LogP contribution is -2.19. The van der Waals surface area contributed by atoms with E-state index in [0.29, 0.717) is 24.0 Å². The van der Waals surface area contributed by atoms with E-state index in [1.165, 1.54) is 11.3 Å². The van der Waals surface area contributed by atoms with Crippen LogP contribution in [0.5, 0.6) is 11.5 Å². The van der Waals surface area contributed by atoms with Gasteiger partial charge in [0.2, 0.25) is 5.91 Å². The summed E-state index contributed by atoms with van der Waals surface area (Å²) in [5.74, 6) is 1.52. The van der Waals surface area contributed by atoms with Crippen molar-refractivity contribution in [2.24, 2.45) is 11.0 Å². The summed E-state index contributed by atoms with van der Waals surface area (Å²) in [5.41, 5.74) is 5.25. The van der Waals surface area contributed by atoms with E-state index in [-0.39, 0.29) is 12.3 Å². The van der Waals surface area contributed by atoms with E-state index in [2.05, 4.69) is 29.4 Å². The fourth-order valence-electron chi connectivity index (χ4n) is 2.63. The van der Waals surface area contributed by atoms with Crippen molar-refractivity contribution in [3.63, 3.8) is 0 Å². The van der Waals surface area contributed by atoms with E-state index in [1.807, 2.05) is 53.9 Å². The molecule has 30 heavy (non-hydrogen) atoms. The van der Waals surface area contributed by atoms with Crippen LogP contribution in [0.2, 0.25) is 0 Å². The number of carbonyl (C=O) groups excluding carboxylic acids is 1. The van der Waals surface area contributed by atoms with Crippen LogP contribution in [0.15, 0.2) is 59.0 Å². The predicted octanol–water partition coefficient (Wildman–Crippen LogP) is 4.55. The Bertz CT molecular complexity index is 1000. The zero-order chi connectivity index (χ0) is 21.3. The number of hydrogen-bond donors (Lipinski definition) is 1. The molecule has 0 saturated carbocycles. The molecule has 3 aromatic rings. The van der Waals surface area contributed by atoms with Crippen LogP contribution in [0.1, 0.15) is 24.4 Å². The first kappa shape index (κ1) is 21.5. The third kappa shape index (κ3) is 6.15. The number of aromatic nitrogens is 1. The molecular formula is C23H25N3O3S. The molecule has 6 nitrogen and oxygen atoms in total. The van der Waals surface area contributed by atoms with Crippen molar-refractivity contribution in [3.05, 3.63) is 64.5 Å². The van der Waals surface area contributed by atoms with Crippen LogP contribution < -0.4 is 14.9 Å². The van der Waals surface area contributed by atoms with Gasteiger partial charge in [-0.2, -0.15) is 5.10 Å². The maximum absolute atomic E-state index is 12.2. The summed E-state index contributed by atoms with van der Waals surface area (Å²) < 4.78 is 11.1. The SMILES string of the molecule is COc1cc(/C=N\NC(=O)Cc2nc(-c3ccccc3)cs2)ccc1OCC(C)C. The number of ether oxygens (including phenoxy) is 2. The number of thiazole rings is 1. The topological polar surface area (TPSA) is 72.8 Å². The quantitative estimate of drug-likeness (QED) is 0.405. The van der Waals surface area contributed by atoms with Gasteiger partial charge in [-0.15, -0.1) is 11.3 Å². The minimum absolute atomic E-state index is 0.181. The van der Waals surface area contributed by atoms with Gasteiger partial charge >= 0.3 is 0 Å². The number of benzene rings is 2. The molecule has 0 radical (unpaired) electrons. The summed E-state index contributed by atoms with van der Waals surface area (Å²) in [6.45, 7) is 4.79. The Morgan fingerprint density at radius 3 is 2.73 bits per heavy atom. The summed E-state index contributed by atoms with van der Waals surface area (Å²) in [5, 5.41) is 6.74. The standard InChI is InChI=1S/C23H25N3O3S/c1-16(2)14-29-20-10-9-17(11-21(20)28-3)13-24-26-22(27)12-23-25-19(15-30-23)18-7-5-4-6-8-18/h4-11,13,15-16H,12,14H2,1-3H3,(H,26,27)/b24-13-. The minimum atomic E-state index is -0.218. The zero-order valence-corrected chi connectivity index (χ0v) is 18.1. The van der Waals surface area contributed by atoms with E-state index >= 15 is 0 Å². The maximum atomic E-state index is 12.2.